The van der Waals surface area contributed by atoms with Gasteiger partial charge in [0.15, 0.2) is 0 Å². The molecule has 126 valence electrons. The molecule has 1 N–H and O–H groups in total. The van der Waals surface area contributed by atoms with Crippen LogP contribution in [0.1, 0.15) is 46.0 Å². The fourth-order valence-electron chi connectivity index (χ4n) is 3.06. The first-order chi connectivity index (χ1) is 11.1. The summed E-state index contributed by atoms with van der Waals surface area (Å²) in [4.78, 5) is 22.8. The predicted molar refractivity (Wildman–Crippen MR) is 88.4 cm³/mol. The molecule has 0 aromatic carbocycles. The summed E-state index contributed by atoms with van der Waals surface area (Å²) in [5, 5.41) is 3.44. The van der Waals surface area contributed by atoms with E-state index in [0.29, 0.717) is 23.9 Å². The Bertz CT molecular complexity index is 537. The Balaban J connectivity index is 1.49. The van der Waals surface area contributed by atoms with Gasteiger partial charge in [0.1, 0.15) is 5.82 Å². The molecule has 0 atom stereocenters. The van der Waals surface area contributed by atoms with E-state index < -0.39 is 0 Å². The number of nitrogens with one attached hydrogen (secondary N) is 1. The lowest BCUT2D eigenvalue weighted by molar-refractivity contribution is -0.139. The Labute approximate surface area is 137 Å². The van der Waals surface area contributed by atoms with Gasteiger partial charge in [-0.3, -0.25) is 4.79 Å². The molecule has 3 rings (SSSR count). The van der Waals surface area contributed by atoms with Gasteiger partial charge in [-0.15, -0.1) is 0 Å². The van der Waals surface area contributed by atoms with Crippen LogP contribution in [0.2, 0.25) is 0 Å². The minimum Gasteiger partial charge on any atom is -0.461 e. The number of aromatic nitrogens is 2. The molecule has 0 spiro atoms. The Morgan fingerprint density at radius 2 is 2.04 bits per heavy atom. The standard InChI is InChI=1S/C17H26N4O2/c1-12(2)23-17-18-9-6-15(20-17)19-14-7-10-21(11-8-14)16(22)13-4-3-5-13/h6,9,12-14H,3-5,7-8,10-11H2,1-2H3,(H,18,19,20). The van der Waals surface area contributed by atoms with E-state index in [-0.39, 0.29) is 6.10 Å². The average Bonchev–Trinajstić information content (AvgIpc) is 2.46. The second-order valence-corrected chi connectivity index (χ2v) is 6.76. The molecule has 0 unspecified atom stereocenters. The highest BCUT2D eigenvalue weighted by Crippen LogP contribution is 2.29. The van der Waals surface area contributed by atoms with Crippen LogP contribution < -0.4 is 10.1 Å². The topological polar surface area (TPSA) is 67.3 Å². The van der Waals surface area contributed by atoms with Gasteiger partial charge in [-0.25, -0.2) is 4.98 Å². The van der Waals surface area contributed by atoms with Crippen molar-refractivity contribution in [3.63, 3.8) is 0 Å². The van der Waals surface area contributed by atoms with Crippen molar-refractivity contribution in [2.24, 2.45) is 5.92 Å². The summed E-state index contributed by atoms with van der Waals surface area (Å²) < 4.78 is 5.52. The number of likely N-dealkylation sites (tertiary alicyclic amines) is 1. The highest BCUT2D eigenvalue weighted by molar-refractivity contribution is 5.79. The first-order valence-corrected chi connectivity index (χ1v) is 8.67. The largest absolute Gasteiger partial charge is 0.461 e. The van der Waals surface area contributed by atoms with Crippen LogP contribution in [0.5, 0.6) is 6.01 Å². The second-order valence-electron chi connectivity index (χ2n) is 6.76. The molecule has 6 heteroatoms. The molecule has 6 nitrogen and oxygen atoms in total. The number of nitrogens with zero attached hydrogens (tertiary/aromatic N) is 3. The minimum absolute atomic E-state index is 0.0611. The van der Waals surface area contributed by atoms with E-state index in [1.165, 1.54) is 6.42 Å². The van der Waals surface area contributed by atoms with Gasteiger partial charge in [-0.2, -0.15) is 4.98 Å². The van der Waals surface area contributed by atoms with Crippen LogP contribution >= 0.6 is 0 Å². The fraction of sp³-hybridized carbons (Fsp3) is 0.706. The molecule has 0 bridgehead atoms. The summed E-state index contributed by atoms with van der Waals surface area (Å²) >= 11 is 0. The van der Waals surface area contributed by atoms with Crippen LogP contribution in [0.25, 0.3) is 0 Å². The van der Waals surface area contributed by atoms with E-state index in [2.05, 4.69) is 15.3 Å². The smallest absolute Gasteiger partial charge is 0.318 e. The van der Waals surface area contributed by atoms with Gasteiger partial charge in [0.25, 0.3) is 0 Å². The molecular formula is C17H26N4O2. The van der Waals surface area contributed by atoms with Crippen LogP contribution in [-0.4, -0.2) is 46.0 Å². The molecule has 1 amide bonds. The number of piperidine rings is 1. The normalized spacial score (nSPS) is 19.5. The SMILES string of the molecule is CC(C)Oc1nccc(NC2CCN(C(=O)C3CCC3)CC2)n1. The Hall–Kier alpha value is -1.85. The number of hydrogen-bond acceptors (Lipinski definition) is 5. The molecule has 1 saturated carbocycles. The molecule has 1 aromatic heterocycles. The third-order valence-electron chi connectivity index (χ3n) is 4.59. The monoisotopic (exact) mass is 318 g/mol. The third kappa shape index (κ3) is 4.12. The van der Waals surface area contributed by atoms with Gasteiger partial charge in [-0.1, -0.05) is 6.42 Å². The highest BCUT2D eigenvalue weighted by atomic mass is 16.5. The molecule has 1 saturated heterocycles. The van der Waals surface area contributed by atoms with Crippen molar-refractivity contribution < 1.29 is 9.53 Å². The van der Waals surface area contributed by atoms with Crippen LogP contribution in [-0.2, 0) is 4.79 Å². The Morgan fingerprint density at radius 1 is 1.30 bits per heavy atom. The zero-order valence-corrected chi connectivity index (χ0v) is 14.0. The number of carbonyl (C=O) groups excluding carboxylic acids is 1. The quantitative estimate of drug-likeness (QED) is 0.903. The number of ether oxygens (including phenoxy) is 1. The Kier molecular flexibility index (Phi) is 4.98. The van der Waals surface area contributed by atoms with E-state index in [9.17, 15) is 4.79 Å². The Morgan fingerprint density at radius 3 is 2.65 bits per heavy atom. The molecule has 23 heavy (non-hydrogen) atoms. The van der Waals surface area contributed by atoms with Crippen molar-refractivity contribution in [2.45, 2.75) is 58.1 Å². The van der Waals surface area contributed by atoms with Gasteiger partial charge in [0.2, 0.25) is 5.91 Å². The minimum atomic E-state index is 0.0611. The molecule has 2 aliphatic rings. The highest BCUT2D eigenvalue weighted by Gasteiger charge is 2.31. The summed E-state index contributed by atoms with van der Waals surface area (Å²) in [5.74, 6) is 1.46. The van der Waals surface area contributed by atoms with E-state index in [1.807, 2.05) is 24.8 Å². The zero-order chi connectivity index (χ0) is 16.2. The lowest BCUT2D eigenvalue weighted by atomic mass is 9.84. The van der Waals surface area contributed by atoms with E-state index in [4.69, 9.17) is 4.74 Å². The summed E-state index contributed by atoms with van der Waals surface area (Å²) in [6.07, 6.45) is 7.07. The molecule has 1 aromatic rings. The van der Waals surface area contributed by atoms with Gasteiger partial charge in [0, 0.05) is 31.2 Å². The number of hydrogen-bond donors (Lipinski definition) is 1. The summed E-state index contributed by atoms with van der Waals surface area (Å²) in [5.41, 5.74) is 0. The average molecular weight is 318 g/mol. The van der Waals surface area contributed by atoms with Crippen molar-refractivity contribution in [3.05, 3.63) is 12.3 Å². The fourth-order valence-corrected chi connectivity index (χ4v) is 3.06. The van der Waals surface area contributed by atoms with E-state index in [1.54, 1.807) is 6.20 Å². The number of amides is 1. The third-order valence-corrected chi connectivity index (χ3v) is 4.59. The molecule has 1 aliphatic carbocycles. The van der Waals surface area contributed by atoms with Crippen LogP contribution in [0.3, 0.4) is 0 Å². The van der Waals surface area contributed by atoms with E-state index >= 15 is 0 Å². The second kappa shape index (κ2) is 7.15. The first-order valence-electron chi connectivity index (χ1n) is 8.67. The first kappa shape index (κ1) is 16.0. The number of anilines is 1. The van der Waals surface area contributed by atoms with Crippen molar-refractivity contribution in [1.82, 2.24) is 14.9 Å². The van der Waals surface area contributed by atoms with Gasteiger partial charge in [-0.05, 0) is 45.6 Å². The summed E-state index contributed by atoms with van der Waals surface area (Å²) in [6.45, 7) is 5.59. The van der Waals surface area contributed by atoms with Crippen molar-refractivity contribution in [1.29, 1.82) is 0 Å². The number of carbonyl (C=O) groups is 1. The van der Waals surface area contributed by atoms with Crippen LogP contribution in [0, 0.1) is 5.92 Å². The van der Waals surface area contributed by atoms with Gasteiger partial charge >= 0.3 is 6.01 Å². The van der Waals surface area contributed by atoms with Gasteiger partial charge in [0.05, 0.1) is 6.10 Å². The summed E-state index contributed by atoms with van der Waals surface area (Å²) in [7, 11) is 0. The maximum Gasteiger partial charge on any atom is 0.318 e. The summed E-state index contributed by atoms with van der Waals surface area (Å²) in [6, 6.07) is 2.61. The lowest BCUT2D eigenvalue weighted by Crippen LogP contribution is -2.46. The van der Waals surface area contributed by atoms with Gasteiger partial charge < -0.3 is 15.0 Å². The van der Waals surface area contributed by atoms with Crippen molar-refractivity contribution in [3.8, 4) is 6.01 Å². The maximum absolute atomic E-state index is 12.3. The maximum atomic E-state index is 12.3. The molecule has 2 fully saturated rings. The van der Waals surface area contributed by atoms with Crippen LogP contribution in [0.4, 0.5) is 5.82 Å². The molecular weight excluding hydrogens is 292 g/mol. The zero-order valence-electron chi connectivity index (χ0n) is 14.0. The molecule has 0 radical (unpaired) electrons. The van der Waals surface area contributed by atoms with Crippen molar-refractivity contribution in [2.75, 3.05) is 18.4 Å². The van der Waals surface area contributed by atoms with Crippen LogP contribution in [0.15, 0.2) is 12.3 Å². The lowest BCUT2D eigenvalue weighted by Gasteiger charge is -2.36. The molecule has 1 aliphatic heterocycles. The van der Waals surface area contributed by atoms with E-state index in [0.717, 1.165) is 44.6 Å². The number of rotatable bonds is 5. The predicted octanol–water partition coefficient (Wildman–Crippen LogP) is 2.47. The molecule has 2 heterocycles. The van der Waals surface area contributed by atoms with Crippen molar-refractivity contribution >= 4 is 11.7 Å².